The molecule has 0 radical (unpaired) electrons. The van der Waals surface area contributed by atoms with Gasteiger partial charge in [-0.05, 0) is 89.3 Å². The molecule has 0 aromatic heterocycles. The summed E-state index contributed by atoms with van der Waals surface area (Å²) in [6.45, 7) is 6.71. The van der Waals surface area contributed by atoms with Crippen molar-refractivity contribution < 1.29 is 5.11 Å². The highest BCUT2D eigenvalue weighted by Gasteiger charge is 2.19. The first-order chi connectivity index (χ1) is 10.1. The number of unbranched alkanes of at least 4 members (excludes halogenated alkanes) is 1. The minimum Gasteiger partial charge on any atom is -0.508 e. The molecule has 0 aliphatic heterocycles. The molecule has 1 atom stereocenters. The molecular weight excluding hydrogens is 260 g/mol. The van der Waals surface area contributed by atoms with Crippen LogP contribution in [0.5, 0.6) is 5.75 Å². The molecule has 1 aromatic carbocycles. The summed E-state index contributed by atoms with van der Waals surface area (Å²) >= 11 is 0. The van der Waals surface area contributed by atoms with Crippen LogP contribution in [0.2, 0.25) is 0 Å². The van der Waals surface area contributed by atoms with Gasteiger partial charge in [0.25, 0.3) is 0 Å². The zero-order valence-corrected chi connectivity index (χ0v) is 13.7. The minimum atomic E-state index is 0.390. The quantitative estimate of drug-likeness (QED) is 0.755. The lowest BCUT2D eigenvalue weighted by atomic mass is 9.87. The molecule has 2 N–H and O–H groups in total. The molecule has 0 saturated heterocycles. The van der Waals surface area contributed by atoms with Crippen LogP contribution in [-0.2, 0) is 6.42 Å². The summed E-state index contributed by atoms with van der Waals surface area (Å²) in [5, 5.41) is 13.4. The maximum absolute atomic E-state index is 9.70. The van der Waals surface area contributed by atoms with Gasteiger partial charge in [-0.1, -0.05) is 6.07 Å². The molecule has 1 aliphatic rings. The van der Waals surface area contributed by atoms with E-state index in [0.29, 0.717) is 17.8 Å². The topological polar surface area (TPSA) is 35.5 Å². The molecule has 0 heterocycles. The van der Waals surface area contributed by atoms with Crippen molar-refractivity contribution in [3.05, 3.63) is 29.3 Å². The maximum atomic E-state index is 9.70. The Bertz CT molecular complexity index is 445. The van der Waals surface area contributed by atoms with E-state index in [4.69, 9.17) is 0 Å². The first-order valence-corrected chi connectivity index (χ1v) is 8.33. The average molecular weight is 290 g/mol. The van der Waals surface area contributed by atoms with Gasteiger partial charge in [-0.2, -0.15) is 0 Å². The first kappa shape index (κ1) is 16.3. The number of nitrogens with zero attached hydrogens (tertiary/aromatic N) is 1. The van der Waals surface area contributed by atoms with E-state index in [1.807, 2.05) is 12.1 Å². The lowest BCUT2D eigenvalue weighted by Gasteiger charge is -2.27. The SMILES string of the molecule is CC(C)N(C)CCCCNC1CCCc2ccc(O)cc21. The van der Waals surface area contributed by atoms with Gasteiger partial charge in [0.15, 0.2) is 0 Å². The van der Waals surface area contributed by atoms with Gasteiger partial charge in [-0.25, -0.2) is 0 Å². The number of aromatic hydroxyl groups is 1. The molecule has 1 aliphatic carbocycles. The molecule has 0 amide bonds. The van der Waals surface area contributed by atoms with Crippen LogP contribution < -0.4 is 5.32 Å². The second kappa shape index (κ2) is 7.81. The summed E-state index contributed by atoms with van der Waals surface area (Å²) in [7, 11) is 2.19. The van der Waals surface area contributed by atoms with Gasteiger partial charge in [0, 0.05) is 12.1 Å². The standard InChI is InChI=1S/C18H30N2O/c1-14(2)20(3)12-5-4-11-19-18-8-6-7-15-9-10-16(21)13-17(15)18/h9-10,13-14,18-19,21H,4-8,11-12H2,1-3H3. The Balaban J connectivity index is 1.76. The molecule has 1 aromatic rings. The van der Waals surface area contributed by atoms with Gasteiger partial charge in [-0.15, -0.1) is 0 Å². The Labute approximate surface area is 129 Å². The van der Waals surface area contributed by atoms with Crippen LogP contribution in [0.1, 0.15) is 56.7 Å². The number of rotatable bonds is 7. The number of fused-ring (bicyclic) bond motifs is 1. The Morgan fingerprint density at radius 1 is 1.33 bits per heavy atom. The van der Waals surface area contributed by atoms with E-state index in [1.165, 1.54) is 43.4 Å². The number of benzene rings is 1. The number of aryl methyl sites for hydroxylation is 1. The monoisotopic (exact) mass is 290 g/mol. The van der Waals surface area contributed by atoms with Crippen molar-refractivity contribution in [3.63, 3.8) is 0 Å². The van der Waals surface area contributed by atoms with Crippen molar-refractivity contribution in [1.29, 1.82) is 0 Å². The molecule has 2 rings (SSSR count). The Morgan fingerprint density at radius 3 is 2.90 bits per heavy atom. The summed E-state index contributed by atoms with van der Waals surface area (Å²) in [6.07, 6.45) is 6.02. The normalized spacial score (nSPS) is 18.2. The summed E-state index contributed by atoms with van der Waals surface area (Å²) in [4.78, 5) is 2.40. The van der Waals surface area contributed by atoms with Crippen molar-refractivity contribution in [2.24, 2.45) is 0 Å². The molecule has 1 unspecified atom stereocenters. The predicted octanol–water partition coefficient (Wildman–Crippen LogP) is 3.48. The van der Waals surface area contributed by atoms with Crippen LogP contribution in [0.4, 0.5) is 0 Å². The Hall–Kier alpha value is -1.06. The second-order valence-electron chi connectivity index (χ2n) is 6.56. The highest BCUT2D eigenvalue weighted by atomic mass is 16.3. The third-order valence-corrected chi connectivity index (χ3v) is 4.65. The lowest BCUT2D eigenvalue weighted by molar-refractivity contribution is 0.267. The van der Waals surface area contributed by atoms with E-state index < -0.39 is 0 Å². The molecule has 0 spiro atoms. The Morgan fingerprint density at radius 2 is 2.14 bits per heavy atom. The summed E-state index contributed by atoms with van der Waals surface area (Å²) in [5.74, 6) is 0.390. The predicted molar refractivity (Wildman–Crippen MR) is 88.8 cm³/mol. The number of hydrogen-bond acceptors (Lipinski definition) is 3. The van der Waals surface area contributed by atoms with E-state index in [9.17, 15) is 5.11 Å². The van der Waals surface area contributed by atoms with Crippen molar-refractivity contribution in [3.8, 4) is 5.75 Å². The van der Waals surface area contributed by atoms with Crippen LogP contribution in [0, 0.1) is 0 Å². The molecule has 0 fully saturated rings. The zero-order chi connectivity index (χ0) is 15.2. The number of phenols is 1. The fourth-order valence-electron chi connectivity index (χ4n) is 3.02. The van der Waals surface area contributed by atoms with E-state index >= 15 is 0 Å². The highest BCUT2D eigenvalue weighted by molar-refractivity contribution is 5.38. The van der Waals surface area contributed by atoms with Gasteiger partial charge in [0.2, 0.25) is 0 Å². The minimum absolute atomic E-state index is 0.390. The van der Waals surface area contributed by atoms with Gasteiger partial charge < -0.3 is 15.3 Å². The fourth-order valence-corrected chi connectivity index (χ4v) is 3.02. The van der Waals surface area contributed by atoms with Gasteiger partial charge in [0.1, 0.15) is 5.75 Å². The lowest BCUT2D eigenvalue weighted by Crippen LogP contribution is -2.29. The van der Waals surface area contributed by atoms with Crippen molar-refractivity contribution in [2.45, 2.75) is 58.0 Å². The zero-order valence-electron chi connectivity index (χ0n) is 13.7. The summed E-state index contributed by atoms with van der Waals surface area (Å²) in [5.41, 5.74) is 2.71. The maximum Gasteiger partial charge on any atom is 0.115 e. The number of phenolic OH excluding ortho intramolecular Hbond substituents is 1. The number of hydrogen-bond donors (Lipinski definition) is 2. The molecule has 118 valence electrons. The van der Waals surface area contributed by atoms with E-state index in [-0.39, 0.29) is 0 Å². The molecule has 0 saturated carbocycles. The van der Waals surface area contributed by atoms with Crippen LogP contribution >= 0.6 is 0 Å². The first-order valence-electron chi connectivity index (χ1n) is 8.33. The molecule has 3 nitrogen and oxygen atoms in total. The summed E-state index contributed by atoms with van der Waals surface area (Å²) in [6, 6.07) is 6.88. The van der Waals surface area contributed by atoms with Crippen LogP contribution in [0.3, 0.4) is 0 Å². The van der Waals surface area contributed by atoms with E-state index in [0.717, 1.165) is 13.0 Å². The van der Waals surface area contributed by atoms with Gasteiger partial charge in [-0.3, -0.25) is 0 Å². The highest BCUT2D eigenvalue weighted by Crippen LogP contribution is 2.31. The third kappa shape index (κ3) is 4.72. The second-order valence-corrected chi connectivity index (χ2v) is 6.56. The smallest absolute Gasteiger partial charge is 0.115 e. The van der Waals surface area contributed by atoms with E-state index in [2.05, 4.69) is 37.2 Å². The summed E-state index contributed by atoms with van der Waals surface area (Å²) < 4.78 is 0. The van der Waals surface area contributed by atoms with Crippen molar-refractivity contribution in [1.82, 2.24) is 10.2 Å². The fraction of sp³-hybridized carbons (Fsp3) is 0.667. The van der Waals surface area contributed by atoms with Crippen LogP contribution in [0.15, 0.2) is 18.2 Å². The Kier molecular flexibility index (Phi) is 6.07. The largest absolute Gasteiger partial charge is 0.508 e. The van der Waals surface area contributed by atoms with Gasteiger partial charge in [0.05, 0.1) is 0 Å². The van der Waals surface area contributed by atoms with Crippen LogP contribution in [-0.4, -0.2) is 36.2 Å². The molecule has 21 heavy (non-hydrogen) atoms. The van der Waals surface area contributed by atoms with Crippen molar-refractivity contribution >= 4 is 0 Å². The third-order valence-electron chi connectivity index (χ3n) is 4.65. The number of nitrogens with one attached hydrogen (secondary N) is 1. The van der Waals surface area contributed by atoms with E-state index in [1.54, 1.807) is 0 Å². The van der Waals surface area contributed by atoms with Crippen LogP contribution in [0.25, 0.3) is 0 Å². The van der Waals surface area contributed by atoms with Gasteiger partial charge >= 0.3 is 0 Å². The van der Waals surface area contributed by atoms with Crippen molar-refractivity contribution in [2.75, 3.05) is 20.1 Å². The molecule has 0 bridgehead atoms. The molecular formula is C18H30N2O. The average Bonchev–Trinajstić information content (AvgIpc) is 2.46. The molecule has 3 heteroatoms.